The highest BCUT2D eigenvalue weighted by Gasteiger charge is 2.17. The van der Waals surface area contributed by atoms with Gasteiger partial charge in [0.05, 0.1) is 11.0 Å². The van der Waals surface area contributed by atoms with E-state index in [1.54, 1.807) is 0 Å². The number of nitrogens with zero attached hydrogens (tertiary/aromatic N) is 4. The first kappa shape index (κ1) is 34.8. The minimum Gasteiger partial charge on any atom is -0.309 e. The van der Waals surface area contributed by atoms with Crippen molar-refractivity contribution >= 4 is 54.1 Å². The Bertz CT molecular complexity index is 3580. The van der Waals surface area contributed by atoms with E-state index in [0.29, 0.717) is 17.5 Å². The van der Waals surface area contributed by atoms with Crippen LogP contribution >= 0.6 is 0 Å². The molecular weight excluding hydrogens is 741 g/mol. The largest absolute Gasteiger partial charge is 0.309 e. The average molecular weight is 777 g/mol. The Balaban J connectivity index is 0.955. The fourth-order valence-electron chi connectivity index (χ4n) is 9.07. The second-order valence-corrected chi connectivity index (χ2v) is 15.6. The molecule has 0 spiro atoms. The van der Waals surface area contributed by atoms with Crippen molar-refractivity contribution in [3.63, 3.8) is 0 Å². The van der Waals surface area contributed by atoms with Crippen LogP contribution in [-0.4, -0.2) is 19.5 Å². The van der Waals surface area contributed by atoms with Crippen LogP contribution in [0.3, 0.4) is 0 Å². The molecule has 12 rings (SSSR count). The van der Waals surface area contributed by atoms with E-state index in [0.717, 1.165) is 39.1 Å². The number of benzene rings is 10. The predicted octanol–water partition coefficient (Wildman–Crippen LogP) is 14.8. The third-order valence-electron chi connectivity index (χ3n) is 12.1. The lowest BCUT2D eigenvalue weighted by atomic mass is 9.94. The summed E-state index contributed by atoms with van der Waals surface area (Å²) < 4.78 is 2.43. The van der Waals surface area contributed by atoms with Crippen molar-refractivity contribution in [3.05, 3.63) is 218 Å². The summed E-state index contributed by atoms with van der Waals surface area (Å²) >= 11 is 0. The van der Waals surface area contributed by atoms with Crippen molar-refractivity contribution in [3.8, 4) is 62.1 Å². The third kappa shape index (κ3) is 5.96. The Morgan fingerprint density at radius 3 is 1.16 bits per heavy atom. The second kappa shape index (κ2) is 14.3. The van der Waals surface area contributed by atoms with Crippen molar-refractivity contribution in [2.45, 2.75) is 0 Å². The van der Waals surface area contributed by atoms with Crippen LogP contribution in [0.1, 0.15) is 0 Å². The van der Waals surface area contributed by atoms with Crippen molar-refractivity contribution in [2.75, 3.05) is 0 Å². The molecule has 0 radical (unpaired) electrons. The molecule has 0 saturated carbocycles. The molecule has 2 aromatic heterocycles. The molecule has 4 heteroatoms. The number of fused-ring (bicyclic) bond motifs is 9. The van der Waals surface area contributed by atoms with Crippen LogP contribution in [0.25, 0.3) is 116 Å². The molecule has 10 aromatic carbocycles. The Hall–Kier alpha value is -8.21. The molecule has 0 aliphatic carbocycles. The summed E-state index contributed by atoms with van der Waals surface area (Å²) in [4.78, 5) is 15.0. The van der Waals surface area contributed by atoms with Gasteiger partial charge in [0.15, 0.2) is 17.5 Å². The number of aromatic nitrogens is 4. The quantitative estimate of drug-likeness (QED) is 0.158. The minimum atomic E-state index is 0.634. The molecule has 0 N–H and O–H groups in total. The summed E-state index contributed by atoms with van der Waals surface area (Å²) in [6.45, 7) is 0. The SMILES string of the molecule is c1ccc(-c2ccc(-c3nc(-c4ccccc4)nc(-c4ccc(-c5ccc6c7ccccc7n(-c7ccc8c9ccccc9c9ccccc9c8c7)c6c5)cc4)n3)cc2)cc1. The van der Waals surface area contributed by atoms with E-state index in [2.05, 4.69) is 187 Å². The molecule has 0 unspecified atom stereocenters. The van der Waals surface area contributed by atoms with E-state index < -0.39 is 0 Å². The molecule has 0 saturated heterocycles. The van der Waals surface area contributed by atoms with Crippen LogP contribution in [0, 0.1) is 0 Å². The van der Waals surface area contributed by atoms with E-state index in [1.165, 1.54) is 59.7 Å². The summed E-state index contributed by atoms with van der Waals surface area (Å²) in [6, 6.07) is 77.7. The highest BCUT2D eigenvalue weighted by atomic mass is 15.0. The zero-order chi connectivity index (χ0) is 40.3. The van der Waals surface area contributed by atoms with Crippen molar-refractivity contribution in [1.82, 2.24) is 19.5 Å². The number of rotatable bonds is 6. The van der Waals surface area contributed by atoms with Crippen LogP contribution < -0.4 is 0 Å². The van der Waals surface area contributed by atoms with Gasteiger partial charge in [0.1, 0.15) is 0 Å². The van der Waals surface area contributed by atoms with Crippen LogP contribution in [0.15, 0.2) is 218 Å². The Morgan fingerprint density at radius 2 is 0.590 bits per heavy atom. The van der Waals surface area contributed by atoms with E-state index >= 15 is 0 Å². The summed E-state index contributed by atoms with van der Waals surface area (Å²) in [5.74, 6) is 1.92. The smallest absolute Gasteiger partial charge is 0.164 e. The monoisotopic (exact) mass is 776 g/mol. The van der Waals surface area contributed by atoms with Crippen molar-refractivity contribution in [2.24, 2.45) is 0 Å². The molecule has 2 heterocycles. The molecule has 0 atom stereocenters. The van der Waals surface area contributed by atoms with Gasteiger partial charge in [0, 0.05) is 33.2 Å². The van der Waals surface area contributed by atoms with Gasteiger partial charge in [-0.3, -0.25) is 0 Å². The van der Waals surface area contributed by atoms with Gasteiger partial charge in [-0.25, -0.2) is 15.0 Å². The molecule has 0 bridgehead atoms. The van der Waals surface area contributed by atoms with Gasteiger partial charge >= 0.3 is 0 Å². The first-order valence-electron chi connectivity index (χ1n) is 20.7. The summed E-state index contributed by atoms with van der Waals surface area (Å²) in [6.07, 6.45) is 0. The van der Waals surface area contributed by atoms with Gasteiger partial charge in [0.25, 0.3) is 0 Å². The highest BCUT2D eigenvalue weighted by molar-refractivity contribution is 6.25. The number of hydrogen-bond acceptors (Lipinski definition) is 3. The molecule has 0 fully saturated rings. The van der Waals surface area contributed by atoms with E-state index in [9.17, 15) is 0 Å². The molecule has 61 heavy (non-hydrogen) atoms. The summed E-state index contributed by atoms with van der Waals surface area (Å²) in [5, 5.41) is 10.1. The van der Waals surface area contributed by atoms with Gasteiger partial charge in [-0.05, 0) is 78.8 Å². The van der Waals surface area contributed by atoms with Gasteiger partial charge in [0.2, 0.25) is 0 Å². The van der Waals surface area contributed by atoms with E-state index in [-0.39, 0.29) is 0 Å². The van der Waals surface area contributed by atoms with Gasteiger partial charge in [-0.2, -0.15) is 0 Å². The van der Waals surface area contributed by atoms with Crippen LogP contribution in [0.2, 0.25) is 0 Å². The Kier molecular flexibility index (Phi) is 8.13. The average Bonchev–Trinajstić information content (AvgIpc) is 3.68. The second-order valence-electron chi connectivity index (χ2n) is 15.6. The standard InChI is InChI=1S/C57H36N4/c1-3-13-37(14-4-1)38-23-27-41(28-24-38)56-58-55(40-15-5-2-6-16-40)59-57(60-56)42-29-25-39(26-30-42)43-31-33-51-50-21-11-12-22-53(50)61(54(51)35-43)44-32-34-49-47-19-8-7-17-45(47)46-18-9-10-20-48(46)52(49)36-44/h1-36H. The Labute approximate surface area is 352 Å². The fourth-order valence-corrected chi connectivity index (χ4v) is 9.07. The lowest BCUT2D eigenvalue weighted by Gasteiger charge is -2.14. The normalized spacial score (nSPS) is 11.6. The third-order valence-corrected chi connectivity index (χ3v) is 12.1. The van der Waals surface area contributed by atoms with E-state index in [1.807, 2.05) is 36.4 Å². The van der Waals surface area contributed by atoms with Gasteiger partial charge < -0.3 is 4.57 Å². The molecule has 0 amide bonds. The molecule has 0 aliphatic heterocycles. The lowest BCUT2D eigenvalue weighted by molar-refractivity contribution is 1.07. The summed E-state index contributed by atoms with van der Waals surface area (Å²) in [5.41, 5.74) is 10.9. The molecule has 12 aromatic rings. The molecule has 4 nitrogen and oxygen atoms in total. The Morgan fingerprint density at radius 1 is 0.230 bits per heavy atom. The van der Waals surface area contributed by atoms with Crippen LogP contribution in [0.5, 0.6) is 0 Å². The maximum absolute atomic E-state index is 5.05. The highest BCUT2D eigenvalue weighted by Crippen LogP contribution is 2.39. The first-order valence-corrected chi connectivity index (χ1v) is 20.7. The minimum absolute atomic E-state index is 0.634. The number of para-hydroxylation sites is 1. The predicted molar refractivity (Wildman–Crippen MR) is 254 cm³/mol. The zero-order valence-corrected chi connectivity index (χ0v) is 33.1. The zero-order valence-electron chi connectivity index (χ0n) is 33.1. The number of hydrogen-bond donors (Lipinski definition) is 0. The van der Waals surface area contributed by atoms with Gasteiger partial charge in [-0.15, -0.1) is 0 Å². The lowest BCUT2D eigenvalue weighted by Crippen LogP contribution is -2.00. The van der Waals surface area contributed by atoms with Gasteiger partial charge in [-0.1, -0.05) is 194 Å². The maximum atomic E-state index is 5.05. The topological polar surface area (TPSA) is 43.6 Å². The van der Waals surface area contributed by atoms with Crippen LogP contribution in [0.4, 0.5) is 0 Å². The van der Waals surface area contributed by atoms with E-state index in [4.69, 9.17) is 15.0 Å². The molecular formula is C57H36N4. The van der Waals surface area contributed by atoms with Crippen molar-refractivity contribution in [1.29, 1.82) is 0 Å². The molecule has 284 valence electrons. The maximum Gasteiger partial charge on any atom is 0.164 e. The van der Waals surface area contributed by atoms with Crippen LogP contribution in [-0.2, 0) is 0 Å². The van der Waals surface area contributed by atoms with Crippen molar-refractivity contribution < 1.29 is 0 Å². The summed E-state index contributed by atoms with van der Waals surface area (Å²) in [7, 11) is 0. The fraction of sp³-hybridized carbons (Fsp3) is 0. The molecule has 0 aliphatic rings. The first-order chi connectivity index (χ1) is 30.2.